The standard InChI is InChI=1S/C30H35N7O4S/c1-4-37-26-13-11-22(20(3)29(26)33-34-37)23(16-28(38)39)24-12-10-19(2)25(32-24)18-35-17-21-8-5-6-15-36(21)30-27(42(35,40)41)9-7-14-31-30/h7,9-14,21,23H,4-6,8,15-18H2,1-3H3,(H,38,39)/t21-,23+/m1/s1. The molecule has 0 bridgehead atoms. The van der Waals surface area contributed by atoms with E-state index in [1.807, 2.05) is 49.7 Å². The lowest BCUT2D eigenvalue weighted by Crippen LogP contribution is -2.45. The fraction of sp³-hybridized carbons (Fsp3) is 0.433. The average Bonchev–Trinajstić information content (AvgIpc) is 3.38. The van der Waals surface area contributed by atoms with Gasteiger partial charge in [-0.15, -0.1) is 5.10 Å². The lowest BCUT2D eigenvalue weighted by atomic mass is 9.88. The Morgan fingerprint density at radius 3 is 2.76 bits per heavy atom. The summed E-state index contributed by atoms with van der Waals surface area (Å²) in [6.07, 6.45) is 4.41. The van der Waals surface area contributed by atoms with Crippen LogP contribution in [0.2, 0.25) is 0 Å². The van der Waals surface area contributed by atoms with Crippen LogP contribution in [0.15, 0.2) is 47.5 Å². The topological polar surface area (TPSA) is 134 Å². The lowest BCUT2D eigenvalue weighted by molar-refractivity contribution is -0.137. The third-order valence-electron chi connectivity index (χ3n) is 8.62. The van der Waals surface area contributed by atoms with Gasteiger partial charge in [0.1, 0.15) is 16.2 Å². The normalized spacial score (nSPS) is 19.2. The number of carboxylic acids is 1. The van der Waals surface area contributed by atoms with Crippen LogP contribution in [0.4, 0.5) is 5.82 Å². The number of rotatable bonds is 7. The van der Waals surface area contributed by atoms with E-state index < -0.39 is 21.9 Å². The second-order valence-corrected chi connectivity index (χ2v) is 13.1. The van der Waals surface area contributed by atoms with Crippen LogP contribution in [0, 0.1) is 13.8 Å². The van der Waals surface area contributed by atoms with Gasteiger partial charge >= 0.3 is 5.97 Å². The largest absolute Gasteiger partial charge is 0.481 e. The number of sulfonamides is 1. The van der Waals surface area contributed by atoms with Crippen molar-refractivity contribution in [1.29, 1.82) is 0 Å². The molecule has 0 radical (unpaired) electrons. The number of aromatic nitrogens is 5. The first-order valence-corrected chi connectivity index (χ1v) is 15.9. The van der Waals surface area contributed by atoms with Gasteiger partial charge < -0.3 is 10.0 Å². The van der Waals surface area contributed by atoms with Crippen LogP contribution in [0.5, 0.6) is 0 Å². The Kier molecular flexibility index (Phi) is 7.44. The number of pyridine rings is 2. The highest BCUT2D eigenvalue weighted by Crippen LogP contribution is 2.37. The molecule has 4 aromatic rings. The molecule has 0 amide bonds. The van der Waals surface area contributed by atoms with E-state index in [0.29, 0.717) is 30.3 Å². The third-order valence-corrected chi connectivity index (χ3v) is 10.5. The Morgan fingerprint density at radius 1 is 1.14 bits per heavy atom. The van der Waals surface area contributed by atoms with E-state index >= 15 is 0 Å². The van der Waals surface area contributed by atoms with Gasteiger partial charge in [-0.05, 0) is 81.0 Å². The van der Waals surface area contributed by atoms with Crippen LogP contribution < -0.4 is 4.90 Å². The maximum absolute atomic E-state index is 14.0. The smallest absolute Gasteiger partial charge is 0.304 e. The first-order chi connectivity index (χ1) is 20.2. The monoisotopic (exact) mass is 589 g/mol. The van der Waals surface area contributed by atoms with Crippen molar-refractivity contribution < 1.29 is 18.3 Å². The molecular weight excluding hydrogens is 554 g/mol. The van der Waals surface area contributed by atoms with E-state index in [4.69, 9.17) is 4.98 Å². The first kappa shape index (κ1) is 28.2. The molecule has 1 aromatic carbocycles. The Labute approximate surface area is 245 Å². The molecule has 0 saturated carbocycles. The summed E-state index contributed by atoms with van der Waals surface area (Å²) in [4.78, 5) is 23.9. The predicted octanol–water partition coefficient (Wildman–Crippen LogP) is 4.03. The molecule has 0 unspecified atom stereocenters. The van der Waals surface area contributed by atoms with E-state index in [2.05, 4.69) is 20.2 Å². The van der Waals surface area contributed by atoms with E-state index in [0.717, 1.165) is 53.5 Å². The molecule has 1 fully saturated rings. The number of piperidine rings is 1. The van der Waals surface area contributed by atoms with Crippen LogP contribution in [0.25, 0.3) is 11.0 Å². The molecule has 1 N–H and O–H groups in total. The quantitative estimate of drug-likeness (QED) is 0.339. The lowest BCUT2D eigenvalue weighted by Gasteiger charge is -2.36. The van der Waals surface area contributed by atoms with E-state index in [1.54, 1.807) is 18.3 Å². The highest BCUT2D eigenvalue weighted by atomic mass is 32.2. The number of carbonyl (C=O) groups is 1. The van der Waals surface area contributed by atoms with Crippen molar-refractivity contribution in [2.75, 3.05) is 18.0 Å². The van der Waals surface area contributed by atoms with Gasteiger partial charge in [-0.2, -0.15) is 4.31 Å². The SMILES string of the molecule is CCn1nnc2c(C)c([C@H](CC(=O)O)c3ccc(C)c(CN4C[C@H]5CCCCN5c5ncccc5S4(=O)=O)n3)ccc21. The first-order valence-electron chi connectivity index (χ1n) is 14.4. The summed E-state index contributed by atoms with van der Waals surface area (Å²) < 4.78 is 31.3. The summed E-state index contributed by atoms with van der Waals surface area (Å²) in [5, 5.41) is 18.5. The maximum atomic E-state index is 14.0. The third kappa shape index (κ3) is 4.92. The zero-order valence-corrected chi connectivity index (χ0v) is 24.9. The van der Waals surface area contributed by atoms with Gasteiger partial charge in [0.2, 0.25) is 10.0 Å². The van der Waals surface area contributed by atoms with Crippen LogP contribution in [0.1, 0.15) is 66.6 Å². The number of hydrogen-bond donors (Lipinski definition) is 1. The van der Waals surface area contributed by atoms with Crippen LogP contribution in [0.3, 0.4) is 0 Å². The number of carboxylic acid groups (broad SMARTS) is 1. The van der Waals surface area contributed by atoms with Gasteiger partial charge in [0.15, 0.2) is 0 Å². The Balaban J connectivity index is 1.40. The molecule has 6 rings (SSSR count). The van der Waals surface area contributed by atoms with E-state index in [1.165, 1.54) is 4.31 Å². The molecule has 0 aliphatic carbocycles. The number of anilines is 1. The van der Waals surface area contributed by atoms with Crippen molar-refractivity contribution >= 4 is 32.8 Å². The molecule has 5 heterocycles. The zero-order valence-electron chi connectivity index (χ0n) is 24.1. The fourth-order valence-corrected chi connectivity index (χ4v) is 7.93. The molecule has 2 atom stereocenters. The maximum Gasteiger partial charge on any atom is 0.304 e. The highest BCUT2D eigenvalue weighted by Gasteiger charge is 2.39. The number of benzene rings is 1. The summed E-state index contributed by atoms with van der Waals surface area (Å²) in [7, 11) is -3.85. The minimum Gasteiger partial charge on any atom is -0.481 e. The van der Waals surface area contributed by atoms with Crippen molar-refractivity contribution in [3.8, 4) is 0 Å². The van der Waals surface area contributed by atoms with Crippen molar-refractivity contribution in [1.82, 2.24) is 29.3 Å². The second kappa shape index (κ2) is 11.1. The molecule has 12 heteroatoms. The molecule has 2 aliphatic heterocycles. The molecule has 2 aliphatic rings. The van der Waals surface area contributed by atoms with Crippen LogP contribution in [-0.4, -0.2) is 67.9 Å². The van der Waals surface area contributed by atoms with Gasteiger partial charge in [0.25, 0.3) is 0 Å². The molecule has 42 heavy (non-hydrogen) atoms. The minimum atomic E-state index is -3.85. The average molecular weight is 590 g/mol. The molecule has 220 valence electrons. The summed E-state index contributed by atoms with van der Waals surface area (Å²) in [5.41, 5.74) is 5.33. The summed E-state index contributed by atoms with van der Waals surface area (Å²) in [5.74, 6) is -0.967. The zero-order chi connectivity index (χ0) is 29.6. The molecule has 0 spiro atoms. The van der Waals surface area contributed by atoms with Crippen molar-refractivity contribution in [2.45, 2.75) is 76.4 Å². The number of aliphatic carboxylic acids is 1. The molecule has 1 saturated heterocycles. The number of hydrogen-bond acceptors (Lipinski definition) is 8. The Morgan fingerprint density at radius 2 is 1.98 bits per heavy atom. The molecular formula is C30H35N7O4S. The molecule has 11 nitrogen and oxygen atoms in total. The van der Waals surface area contributed by atoms with Gasteiger partial charge in [-0.3, -0.25) is 9.78 Å². The van der Waals surface area contributed by atoms with Gasteiger partial charge in [-0.25, -0.2) is 18.1 Å². The van der Waals surface area contributed by atoms with Crippen molar-refractivity contribution in [2.24, 2.45) is 0 Å². The molecule has 3 aromatic heterocycles. The Bertz CT molecular complexity index is 1770. The van der Waals surface area contributed by atoms with Gasteiger partial charge in [0.05, 0.1) is 24.2 Å². The van der Waals surface area contributed by atoms with Crippen LogP contribution in [-0.2, 0) is 27.9 Å². The number of aryl methyl sites for hydroxylation is 3. The summed E-state index contributed by atoms with van der Waals surface area (Å²) in [6, 6.07) is 10.9. The number of fused-ring (bicyclic) bond motifs is 4. The highest BCUT2D eigenvalue weighted by molar-refractivity contribution is 7.89. The summed E-state index contributed by atoms with van der Waals surface area (Å²) in [6.45, 7) is 7.71. The second-order valence-electron chi connectivity index (χ2n) is 11.2. The van der Waals surface area contributed by atoms with Crippen molar-refractivity contribution in [3.63, 3.8) is 0 Å². The van der Waals surface area contributed by atoms with E-state index in [9.17, 15) is 18.3 Å². The minimum absolute atomic E-state index is 0.0267. The van der Waals surface area contributed by atoms with Gasteiger partial charge in [-0.1, -0.05) is 17.3 Å². The Hall–Kier alpha value is -3.90. The number of nitrogens with zero attached hydrogens (tertiary/aromatic N) is 7. The fourth-order valence-electron chi connectivity index (χ4n) is 6.34. The predicted molar refractivity (Wildman–Crippen MR) is 158 cm³/mol. The van der Waals surface area contributed by atoms with E-state index in [-0.39, 0.29) is 23.9 Å². The summed E-state index contributed by atoms with van der Waals surface area (Å²) >= 11 is 0. The van der Waals surface area contributed by atoms with Crippen molar-refractivity contribution in [3.05, 3.63) is 70.7 Å². The van der Waals surface area contributed by atoms with Crippen LogP contribution >= 0.6 is 0 Å². The van der Waals surface area contributed by atoms with Gasteiger partial charge in [0, 0.05) is 43.5 Å².